The second kappa shape index (κ2) is 8.74. The third-order valence-corrected chi connectivity index (χ3v) is 7.63. The largest absolute Gasteiger partial charge is 0.360 e. The predicted molar refractivity (Wildman–Crippen MR) is 122 cm³/mol. The van der Waals surface area contributed by atoms with Crippen LogP contribution in [0.2, 0.25) is 0 Å². The number of quaternary nitrogens is 1. The van der Waals surface area contributed by atoms with Gasteiger partial charge in [0.15, 0.2) is 6.54 Å². The number of nitrogens with one attached hydrogen (secondary N) is 1. The average Bonchev–Trinajstić information content (AvgIpc) is 3.25. The SMILES string of the molecule is O=C(C[NH+]1CCN(c2ccccc2)CC1)N1CCC[C@@H](c2nc3ccccc3s2)C1. The molecule has 0 aliphatic carbocycles. The summed E-state index contributed by atoms with van der Waals surface area (Å²) in [6.45, 7) is 6.41. The monoisotopic (exact) mass is 421 g/mol. The van der Waals surface area contributed by atoms with Crippen LogP contribution in [-0.2, 0) is 4.79 Å². The van der Waals surface area contributed by atoms with Crippen molar-refractivity contribution in [3.8, 4) is 0 Å². The van der Waals surface area contributed by atoms with Crippen molar-refractivity contribution < 1.29 is 9.69 Å². The van der Waals surface area contributed by atoms with Gasteiger partial charge >= 0.3 is 0 Å². The number of para-hydroxylation sites is 2. The molecule has 3 heterocycles. The van der Waals surface area contributed by atoms with Gasteiger partial charge in [0.25, 0.3) is 5.91 Å². The number of fused-ring (bicyclic) bond motifs is 1. The quantitative estimate of drug-likeness (QED) is 0.703. The van der Waals surface area contributed by atoms with Crippen molar-refractivity contribution in [3.05, 3.63) is 59.6 Å². The second-order valence-electron chi connectivity index (χ2n) is 8.45. The predicted octanol–water partition coefficient (Wildman–Crippen LogP) is 2.41. The molecule has 6 heteroatoms. The number of amides is 1. The number of carbonyl (C=O) groups excluding carboxylic acids is 1. The Morgan fingerprint density at radius 1 is 1.03 bits per heavy atom. The Bertz CT molecular complexity index is 964. The molecule has 0 radical (unpaired) electrons. The average molecular weight is 422 g/mol. The number of aromatic nitrogens is 1. The summed E-state index contributed by atoms with van der Waals surface area (Å²) in [5.41, 5.74) is 2.37. The zero-order valence-electron chi connectivity index (χ0n) is 17.3. The minimum Gasteiger partial charge on any atom is -0.360 e. The summed E-state index contributed by atoms with van der Waals surface area (Å²) in [6.07, 6.45) is 2.20. The van der Waals surface area contributed by atoms with Gasteiger partial charge in [0.05, 0.1) is 41.4 Å². The fraction of sp³-hybridized carbons (Fsp3) is 0.417. The molecule has 30 heavy (non-hydrogen) atoms. The molecule has 2 aliphatic heterocycles. The summed E-state index contributed by atoms with van der Waals surface area (Å²) in [5, 5.41) is 1.19. The third kappa shape index (κ3) is 4.20. The standard InChI is InChI=1S/C24H28N4OS/c29-23(18-26-13-15-27(16-14-26)20-8-2-1-3-9-20)28-12-6-7-19(17-28)24-25-21-10-4-5-11-22(21)30-24/h1-5,8-11,19H,6-7,12-18H2/p+1/t19-/m1/s1. The molecule has 2 fully saturated rings. The lowest BCUT2D eigenvalue weighted by molar-refractivity contribution is -0.892. The summed E-state index contributed by atoms with van der Waals surface area (Å²) in [6, 6.07) is 18.9. The summed E-state index contributed by atoms with van der Waals surface area (Å²) in [7, 11) is 0. The number of piperidine rings is 1. The molecule has 5 nitrogen and oxygen atoms in total. The van der Waals surface area contributed by atoms with Crippen molar-refractivity contribution in [2.75, 3.05) is 50.7 Å². The van der Waals surface area contributed by atoms with Crippen LogP contribution in [0.4, 0.5) is 5.69 Å². The Kier molecular flexibility index (Phi) is 5.69. The van der Waals surface area contributed by atoms with Gasteiger partial charge in [-0.15, -0.1) is 11.3 Å². The maximum atomic E-state index is 13.0. The van der Waals surface area contributed by atoms with Gasteiger partial charge in [0, 0.05) is 24.7 Å². The smallest absolute Gasteiger partial charge is 0.277 e. The Hall–Kier alpha value is -2.44. The molecule has 1 N–H and O–H groups in total. The fourth-order valence-electron chi connectivity index (χ4n) is 4.69. The molecule has 5 rings (SSSR count). The number of rotatable bonds is 4. The Labute approximate surface area is 181 Å². The number of hydrogen-bond acceptors (Lipinski definition) is 4. The Morgan fingerprint density at radius 2 is 1.80 bits per heavy atom. The molecule has 0 bridgehead atoms. The summed E-state index contributed by atoms with van der Waals surface area (Å²) >= 11 is 1.79. The molecule has 0 spiro atoms. The minimum atomic E-state index is 0.309. The minimum absolute atomic E-state index is 0.309. The van der Waals surface area contributed by atoms with E-state index in [0.29, 0.717) is 18.4 Å². The molecule has 156 valence electrons. The first-order valence-corrected chi connectivity index (χ1v) is 11.8. The molecule has 1 aromatic heterocycles. The van der Waals surface area contributed by atoms with E-state index in [1.807, 2.05) is 6.07 Å². The van der Waals surface area contributed by atoms with Gasteiger partial charge in [-0.25, -0.2) is 4.98 Å². The highest BCUT2D eigenvalue weighted by Crippen LogP contribution is 2.32. The highest BCUT2D eigenvalue weighted by Gasteiger charge is 2.30. The number of hydrogen-bond donors (Lipinski definition) is 1. The first-order valence-electron chi connectivity index (χ1n) is 11.0. The van der Waals surface area contributed by atoms with Crippen molar-refractivity contribution in [3.63, 3.8) is 0 Å². The van der Waals surface area contributed by atoms with E-state index < -0.39 is 0 Å². The molecule has 1 amide bonds. The van der Waals surface area contributed by atoms with Crippen LogP contribution < -0.4 is 9.80 Å². The number of nitrogens with zero attached hydrogens (tertiary/aromatic N) is 3. The van der Waals surface area contributed by atoms with Gasteiger partial charge in [0.1, 0.15) is 0 Å². The number of likely N-dealkylation sites (tertiary alicyclic amines) is 1. The van der Waals surface area contributed by atoms with Crippen LogP contribution in [-0.4, -0.2) is 61.6 Å². The fourth-order valence-corrected chi connectivity index (χ4v) is 5.79. The van der Waals surface area contributed by atoms with Crippen molar-refractivity contribution in [1.29, 1.82) is 0 Å². The van der Waals surface area contributed by atoms with Crippen LogP contribution in [0, 0.1) is 0 Å². The molecule has 2 saturated heterocycles. The van der Waals surface area contributed by atoms with Crippen LogP contribution in [0.15, 0.2) is 54.6 Å². The van der Waals surface area contributed by atoms with E-state index in [9.17, 15) is 4.79 Å². The third-order valence-electron chi connectivity index (χ3n) is 6.43. The van der Waals surface area contributed by atoms with Crippen LogP contribution in [0.1, 0.15) is 23.8 Å². The normalized spacial score (nSPS) is 20.6. The molecule has 3 aromatic rings. The molecule has 2 aromatic carbocycles. The lowest BCUT2D eigenvalue weighted by Crippen LogP contribution is -3.16. The second-order valence-corrected chi connectivity index (χ2v) is 9.51. The van der Waals surface area contributed by atoms with E-state index >= 15 is 0 Å². The van der Waals surface area contributed by atoms with E-state index in [-0.39, 0.29) is 0 Å². The molecular formula is C24H29N4OS+. The van der Waals surface area contributed by atoms with E-state index in [1.54, 1.807) is 11.3 Å². The van der Waals surface area contributed by atoms with E-state index in [2.05, 4.69) is 58.3 Å². The summed E-state index contributed by atoms with van der Waals surface area (Å²) < 4.78 is 1.25. The number of piperazine rings is 1. The number of thiazole rings is 1. The van der Waals surface area contributed by atoms with Crippen molar-refractivity contribution >= 4 is 33.1 Å². The zero-order chi connectivity index (χ0) is 20.3. The van der Waals surface area contributed by atoms with Crippen LogP contribution in [0.25, 0.3) is 10.2 Å². The Balaban J connectivity index is 1.16. The van der Waals surface area contributed by atoms with Gasteiger partial charge < -0.3 is 14.7 Å². The van der Waals surface area contributed by atoms with Gasteiger partial charge in [-0.2, -0.15) is 0 Å². The van der Waals surface area contributed by atoms with Gasteiger partial charge in [-0.05, 0) is 37.1 Å². The van der Waals surface area contributed by atoms with Crippen LogP contribution in [0.3, 0.4) is 0 Å². The Morgan fingerprint density at radius 3 is 2.60 bits per heavy atom. The van der Waals surface area contributed by atoms with Crippen LogP contribution >= 0.6 is 11.3 Å². The zero-order valence-corrected chi connectivity index (χ0v) is 18.1. The topological polar surface area (TPSA) is 40.9 Å². The maximum Gasteiger partial charge on any atom is 0.277 e. The first kappa shape index (κ1) is 19.5. The highest BCUT2D eigenvalue weighted by molar-refractivity contribution is 7.18. The molecule has 0 saturated carbocycles. The van der Waals surface area contributed by atoms with Gasteiger partial charge in [0.2, 0.25) is 0 Å². The first-order chi connectivity index (χ1) is 14.8. The lowest BCUT2D eigenvalue weighted by Gasteiger charge is -2.36. The van der Waals surface area contributed by atoms with Gasteiger partial charge in [-0.3, -0.25) is 4.79 Å². The highest BCUT2D eigenvalue weighted by atomic mass is 32.1. The summed E-state index contributed by atoms with van der Waals surface area (Å²) in [5.74, 6) is 0.689. The van der Waals surface area contributed by atoms with Crippen molar-refractivity contribution in [1.82, 2.24) is 9.88 Å². The number of anilines is 1. The lowest BCUT2D eigenvalue weighted by atomic mass is 9.98. The van der Waals surface area contributed by atoms with Crippen LogP contribution in [0.5, 0.6) is 0 Å². The number of carbonyl (C=O) groups is 1. The summed E-state index contributed by atoms with van der Waals surface area (Å²) in [4.78, 5) is 23.8. The van der Waals surface area contributed by atoms with Crippen molar-refractivity contribution in [2.45, 2.75) is 18.8 Å². The van der Waals surface area contributed by atoms with E-state index in [0.717, 1.165) is 57.6 Å². The van der Waals surface area contributed by atoms with E-state index in [4.69, 9.17) is 4.98 Å². The molecular weight excluding hydrogens is 392 g/mol. The van der Waals surface area contributed by atoms with E-state index in [1.165, 1.54) is 20.3 Å². The maximum absolute atomic E-state index is 13.0. The van der Waals surface area contributed by atoms with Gasteiger partial charge in [-0.1, -0.05) is 30.3 Å². The number of benzene rings is 2. The molecule has 1 atom stereocenters. The molecule has 2 aliphatic rings. The molecule has 0 unspecified atom stereocenters. The van der Waals surface area contributed by atoms with Crippen molar-refractivity contribution in [2.24, 2.45) is 0 Å².